The van der Waals surface area contributed by atoms with Crippen LogP contribution in [0.15, 0.2) is 60.7 Å². The van der Waals surface area contributed by atoms with Crippen molar-refractivity contribution < 1.29 is 4.79 Å². The lowest BCUT2D eigenvalue weighted by atomic mass is 9.97. The Labute approximate surface area is 170 Å². The van der Waals surface area contributed by atoms with Crippen LogP contribution < -0.4 is 4.90 Å². The second kappa shape index (κ2) is 8.15. The van der Waals surface area contributed by atoms with E-state index >= 15 is 0 Å². The van der Waals surface area contributed by atoms with Crippen LogP contribution in [0.2, 0.25) is 0 Å². The van der Waals surface area contributed by atoms with Crippen LogP contribution in [0.25, 0.3) is 10.8 Å². The number of anilines is 1. The predicted molar refractivity (Wildman–Crippen MR) is 115 cm³/mol. The van der Waals surface area contributed by atoms with Crippen molar-refractivity contribution in [2.75, 3.05) is 31.1 Å². The van der Waals surface area contributed by atoms with Crippen molar-refractivity contribution in [3.8, 4) is 6.07 Å². The SMILES string of the molecule is N#Cc1ccccc1N1CCN(C(=O)Cc2ccc(C=N)c3ccccc23)CC1. The zero-order chi connectivity index (χ0) is 20.2. The first-order valence-corrected chi connectivity index (χ1v) is 9.74. The van der Waals surface area contributed by atoms with E-state index in [1.54, 1.807) is 0 Å². The van der Waals surface area contributed by atoms with Gasteiger partial charge in [-0.15, -0.1) is 0 Å². The molecule has 0 radical (unpaired) electrons. The van der Waals surface area contributed by atoms with Gasteiger partial charge in [-0.25, -0.2) is 0 Å². The van der Waals surface area contributed by atoms with E-state index in [1.165, 1.54) is 6.21 Å². The molecule has 144 valence electrons. The summed E-state index contributed by atoms with van der Waals surface area (Å²) in [5.41, 5.74) is 3.47. The Hall–Kier alpha value is -3.65. The van der Waals surface area contributed by atoms with E-state index in [0.717, 1.165) is 40.7 Å². The number of nitriles is 1. The third-order valence-electron chi connectivity index (χ3n) is 5.54. The van der Waals surface area contributed by atoms with Gasteiger partial charge in [0.1, 0.15) is 6.07 Å². The van der Waals surface area contributed by atoms with Gasteiger partial charge in [-0.2, -0.15) is 5.26 Å². The number of carbonyl (C=O) groups is 1. The summed E-state index contributed by atoms with van der Waals surface area (Å²) >= 11 is 0. The molecular formula is C24H22N4O. The van der Waals surface area contributed by atoms with Crippen LogP contribution in [0, 0.1) is 16.7 Å². The van der Waals surface area contributed by atoms with Gasteiger partial charge < -0.3 is 15.2 Å². The predicted octanol–water partition coefficient (Wildman–Crippen LogP) is 3.60. The number of hydrogen-bond donors (Lipinski definition) is 1. The summed E-state index contributed by atoms with van der Waals surface area (Å²) < 4.78 is 0. The second-order valence-electron chi connectivity index (χ2n) is 7.18. The monoisotopic (exact) mass is 382 g/mol. The highest BCUT2D eigenvalue weighted by Crippen LogP contribution is 2.24. The molecule has 0 atom stereocenters. The molecule has 0 bridgehead atoms. The van der Waals surface area contributed by atoms with Gasteiger partial charge in [-0.1, -0.05) is 48.5 Å². The molecule has 1 fully saturated rings. The highest BCUT2D eigenvalue weighted by Gasteiger charge is 2.23. The molecule has 0 spiro atoms. The fraction of sp³-hybridized carbons (Fsp3) is 0.208. The van der Waals surface area contributed by atoms with Gasteiger partial charge in [-0.05, 0) is 34.0 Å². The number of carbonyl (C=O) groups excluding carboxylic acids is 1. The zero-order valence-corrected chi connectivity index (χ0v) is 16.1. The van der Waals surface area contributed by atoms with Gasteiger partial charge >= 0.3 is 0 Å². The van der Waals surface area contributed by atoms with Crippen LogP contribution in [0.3, 0.4) is 0 Å². The molecule has 0 aromatic heterocycles. The fourth-order valence-corrected chi connectivity index (χ4v) is 3.98. The molecule has 0 unspecified atom stereocenters. The number of para-hydroxylation sites is 1. The van der Waals surface area contributed by atoms with Crippen molar-refractivity contribution in [2.24, 2.45) is 0 Å². The third kappa shape index (κ3) is 3.70. The summed E-state index contributed by atoms with van der Waals surface area (Å²) in [6, 6.07) is 21.7. The van der Waals surface area contributed by atoms with Crippen LogP contribution >= 0.6 is 0 Å². The normalized spacial score (nSPS) is 13.9. The van der Waals surface area contributed by atoms with Gasteiger partial charge in [0.25, 0.3) is 0 Å². The minimum atomic E-state index is 0.117. The standard InChI is InChI=1S/C24H22N4O/c25-16-19-10-9-18(21-6-2-3-7-22(19)21)15-24(29)28-13-11-27(12-14-28)23-8-4-1-5-20(23)17-26/h1-10,16,25H,11-15H2. The van der Waals surface area contributed by atoms with Crippen molar-refractivity contribution in [3.05, 3.63) is 77.4 Å². The Morgan fingerprint density at radius 3 is 2.38 bits per heavy atom. The first kappa shape index (κ1) is 18.7. The number of nitrogens with zero attached hydrogens (tertiary/aromatic N) is 3. The van der Waals surface area contributed by atoms with E-state index < -0.39 is 0 Å². The largest absolute Gasteiger partial charge is 0.367 e. The highest BCUT2D eigenvalue weighted by molar-refractivity contribution is 6.01. The average Bonchev–Trinajstić information content (AvgIpc) is 2.79. The van der Waals surface area contributed by atoms with Crippen molar-refractivity contribution in [3.63, 3.8) is 0 Å². The first-order chi connectivity index (χ1) is 14.2. The highest BCUT2D eigenvalue weighted by atomic mass is 16.2. The van der Waals surface area contributed by atoms with E-state index in [-0.39, 0.29) is 5.91 Å². The third-order valence-corrected chi connectivity index (χ3v) is 5.54. The summed E-state index contributed by atoms with van der Waals surface area (Å²) in [7, 11) is 0. The minimum absolute atomic E-state index is 0.117. The molecule has 0 aliphatic carbocycles. The minimum Gasteiger partial charge on any atom is -0.367 e. The average molecular weight is 382 g/mol. The van der Waals surface area contributed by atoms with Crippen molar-refractivity contribution in [2.45, 2.75) is 6.42 Å². The van der Waals surface area contributed by atoms with E-state index in [2.05, 4.69) is 11.0 Å². The summed E-state index contributed by atoms with van der Waals surface area (Å²) in [4.78, 5) is 17.0. The summed E-state index contributed by atoms with van der Waals surface area (Å²) in [6.45, 7) is 2.74. The Morgan fingerprint density at radius 2 is 1.66 bits per heavy atom. The fourth-order valence-electron chi connectivity index (χ4n) is 3.98. The topological polar surface area (TPSA) is 71.2 Å². The lowest BCUT2D eigenvalue weighted by molar-refractivity contribution is -0.130. The maximum atomic E-state index is 12.9. The van der Waals surface area contributed by atoms with Gasteiger partial charge in [0.05, 0.1) is 17.7 Å². The summed E-state index contributed by atoms with van der Waals surface area (Å²) in [5, 5.41) is 19.0. The van der Waals surface area contributed by atoms with Crippen LogP contribution in [0.1, 0.15) is 16.7 Å². The first-order valence-electron chi connectivity index (χ1n) is 9.74. The molecular weight excluding hydrogens is 360 g/mol. The smallest absolute Gasteiger partial charge is 0.227 e. The molecule has 1 saturated heterocycles. The molecule has 5 nitrogen and oxygen atoms in total. The van der Waals surface area contributed by atoms with E-state index in [0.29, 0.717) is 25.1 Å². The van der Waals surface area contributed by atoms with Crippen LogP contribution in [-0.2, 0) is 11.2 Å². The molecule has 1 N–H and O–H groups in total. The number of hydrogen-bond acceptors (Lipinski definition) is 4. The molecule has 29 heavy (non-hydrogen) atoms. The molecule has 5 heteroatoms. The molecule has 0 saturated carbocycles. The van der Waals surface area contributed by atoms with Crippen molar-refractivity contribution in [1.82, 2.24) is 4.90 Å². The van der Waals surface area contributed by atoms with E-state index in [4.69, 9.17) is 5.41 Å². The number of rotatable bonds is 4. The van der Waals surface area contributed by atoms with E-state index in [9.17, 15) is 10.1 Å². The van der Waals surface area contributed by atoms with Crippen molar-refractivity contribution >= 4 is 28.6 Å². The summed E-state index contributed by atoms with van der Waals surface area (Å²) in [6.07, 6.45) is 1.71. The van der Waals surface area contributed by atoms with Gasteiger partial charge in [-0.3, -0.25) is 4.79 Å². The van der Waals surface area contributed by atoms with Gasteiger partial charge in [0.2, 0.25) is 5.91 Å². The number of amides is 1. The maximum absolute atomic E-state index is 12.9. The van der Waals surface area contributed by atoms with E-state index in [1.807, 2.05) is 65.6 Å². The Morgan fingerprint density at radius 1 is 0.966 bits per heavy atom. The summed E-state index contributed by atoms with van der Waals surface area (Å²) in [5.74, 6) is 0.117. The van der Waals surface area contributed by atoms with Crippen LogP contribution in [-0.4, -0.2) is 43.2 Å². The Balaban J connectivity index is 1.47. The molecule has 3 aromatic rings. The maximum Gasteiger partial charge on any atom is 0.227 e. The second-order valence-corrected chi connectivity index (χ2v) is 7.18. The van der Waals surface area contributed by atoms with Gasteiger partial charge in [0, 0.05) is 32.4 Å². The molecule has 1 aliphatic rings. The molecule has 1 aliphatic heterocycles. The zero-order valence-electron chi connectivity index (χ0n) is 16.1. The van der Waals surface area contributed by atoms with Crippen LogP contribution in [0.5, 0.6) is 0 Å². The van der Waals surface area contributed by atoms with Gasteiger partial charge in [0.15, 0.2) is 0 Å². The number of nitrogens with one attached hydrogen (secondary N) is 1. The molecule has 1 heterocycles. The lowest BCUT2D eigenvalue weighted by Gasteiger charge is -2.36. The number of fused-ring (bicyclic) bond motifs is 1. The lowest BCUT2D eigenvalue weighted by Crippen LogP contribution is -2.49. The Bertz CT molecular complexity index is 1110. The quantitative estimate of drug-likeness (QED) is 0.701. The Kier molecular flexibility index (Phi) is 5.26. The molecule has 1 amide bonds. The number of piperazine rings is 1. The van der Waals surface area contributed by atoms with Crippen LogP contribution in [0.4, 0.5) is 5.69 Å². The molecule has 4 rings (SSSR count). The van der Waals surface area contributed by atoms with Crippen molar-refractivity contribution in [1.29, 1.82) is 10.7 Å². The molecule has 3 aromatic carbocycles. The number of benzene rings is 3.